The van der Waals surface area contributed by atoms with Crippen molar-refractivity contribution in [1.82, 2.24) is 10.6 Å². The molecule has 0 fully saturated rings. The maximum Gasteiger partial charge on any atom is 0.407 e. The van der Waals surface area contributed by atoms with E-state index in [0.717, 1.165) is 9.75 Å². The zero-order valence-electron chi connectivity index (χ0n) is 13.6. The van der Waals surface area contributed by atoms with Crippen molar-refractivity contribution in [2.45, 2.75) is 52.2 Å². The summed E-state index contributed by atoms with van der Waals surface area (Å²) >= 11 is 1.57. The minimum absolute atomic E-state index is 0.161. The maximum atomic E-state index is 13.8. The number of ether oxygens (including phenoxy) is 1. The lowest BCUT2D eigenvalue weighted by Crippen LogP contribution is -2.45. The minimum Gasteiger partial charge on any atom is -0.444 e. The Bertz CT molecular complexity index is 498. The molecule has 1 heterocycles. The summed E-state index contributed by atoms with van der Waals surface area (Å²) in [4.78, 5) is 13.5. The lowest BCUT2D eigenvalue weighted by atomic mass is 10.2. The third-order valence-electron chi connectivity index (χ3n) is 2.75. The second-order valence-electron chi connectivity index (χ2n) is 6.26. The van der Waals surface area contributed by atoms with E-state index in [2.05, 4.69) is 10.6 Å². The van der Waals surface area contributed by atoms with Gasteiger partial charge in [-0.05, 0) is 46.8 Å². The molecule has 0 bridgehead atoms. The predicted molar refractivity (Wildman–Crippen MR) is 84.7 cm³/mol. The molecule has 0 aliphatic carbocycles. The number of alkyl halides is 2. The van der Waals surface area contributed by atoms with E-state index in [4.69, 9.17) is 4.74 Å². The van der Waals surface area contributed by atoms with Crippen LogP contribution in [0.2, 0.25) is 0 Å². The molecule has 1 rings (SSSR count). The van der Waals surface area contributed by atoms with Gasteiger partial charge < -0.3 is 15.4 Å². The van der Waals surface area contributed by atoms with Crippen LogP contribution >= 0.6 is 11.3 Å². The molecule has 1 aromatic heterocycles. The Morgan fingerprint density at radius 2 is 1.95 bits per heavy atom. The number of halogens is 2. The quantitative estimate of drug-likeness (QED) is 0.830. The Labute approximate surface area is 134 Å². The van der Waals surface area contributed by atoms with Gasteiger partial charge in [-0.2, -0.15) is 0 Å². The fraction of sp³-hybridized carbons (Fsp3) is 0.667. The van der Waals surface area contributed by atoms with Gasteiger partial charge >= 0.3 is 6.09 Å². The number of alkyl carbamates (subject to hydrolysis) is 1. The summed E-state index contributed by atoms with van der Waals surface area (Å²) in [6, 6.07) is 3.72. The van der Waals surface area contributed by atoms with E-state index in [1.807, 2.05) is 26.0 Å². The summed E-state index contributed by atoms with van der Waals surface area (Å²) < 4.78 is 32.5. The molecule has 1 aromatic rings. The molecule has 1 atom stereocenters. The van der Waals surface area contributed by atoms with Crippen molar-refractivity contribution in [2.75, 3.05) is 13.1 Å². The van der Waals surface area contributed by atoms with Gasteiger partial charge in [0.1, 0.15) is 5.60 Å². The predicted octanol–water partition coefficient (Wildman–Crippen LogP) is 3.87. The van der Waals surface area contributed by atoms with Gasteiger partial charge in [0.05, 0.1) is 13.1 Å². The van der Waals surface area contributed by atoms with Gasteiger partial charge in [0.15, 0.2) is 0 Å². The number of carbonyl (C=O) groups is 1. The van der Waals surface area contributed by atoms with Crippen molar-refractivity contribution in [2.24, 2.45) is 0 Å². The largest absolute Gasteiger partial charge is 0.444 e. The molecule has 0 radical (unpaired) electrons. The highest BCUT2D eigenvalue weighted by atomic mass is 32.1. The highest BCUT2D eigenvalue weighted by molar-refractivity contribution is 7.12. The summed E-state index contributed by atoms with van der Waals surface area (Å²) in [6.45, 7) is 7.57. The van der Waals surface area contributed by atoms with E-state index in [0.29, 0.717) is 0 Å². The summed E-state index contributed by atoms with van der Waals surface area (Å²) in [6.07, 6.45) is -0.839. The van der Waals surface area contributed by atoms with Crippen LogP contribution in [0.3, 0.4) is 0 Å². The Morgan fingerprint density at radius 3 is 2.45 bits per heavy atom. The SMILES string of the molecule is Cc1ccc(C(C)NCC(F)(F)CNC(=O)OC(C)(C)C)s1. The average molecular weight is 334 g/mol. The van der Waals surface area contributed by atoms with Gasteiger partial charge in [0.2, 0.25) is 0 Å². The Balaban J connectivity index is 2.38. The Hall–Kier alpha value is -1.21. The molecule has 0 aliphatic heterocycles. The van der Waals surface area contributed by atoms with Gasteiger partial charge in [-0.3, -0.25) is 0 Å². The van der Waals surface area contributed by atoms with Crippen molar-refractivity contribution in [1.29, 1.82) is 0 Å². The number of amides is 1. The number of hydrogen-bond acceptors (Lipinski definition) is 4. The van der Waals surface area contributed by atoms with Crippen molar-refractivity contribution in [3.8, 4) is 0 Å². The number of rotatable bonds is 6. The van der Waals surface area contributed by atoms with Crippen molar-refractivity contribution in [3.05, 3.63) is 21.9 Å². The highest BCUT2D eigenvalue weighted by Crippen LogP contribution is 2.23. The van der Waals surface area contributed by atoms with Crippen LogP contribution < -0.4 is 10.6 Å². The fourth-order valence-corrected chi connectivity index (χ4v) is 2.57. The molecule has 7 heteroatoms. The summed E-state index contributed by atoms with van der Waals surface area (Å²) in [5.41, 5.74) is -0.705. The van der Waals surface area contributed by atoms with Crippen LogP contribution in [-0.2, 0) is 4.74 Å². The molecule has 126 valence electrons. The molecule has 0 saturated heterocycles. The summed E-state index contributed by atoms with van der Waals surface area (Å²) in [5.74, 6) is -3.04. The van der Waals surface area contributed by atoms with Crippen LogP contribution in [0.15, 0.2) is 12.1 Å². The van der Waals surface area contributed by atoms with E-state index >= 15 is 0 Å². The molecule has 1 unspecified atom stereocenters. The molecule has 2 N–H and O–H groups in total. The first-order valence-electron chi connectivity index (χ1n) is 7.13. The van der Waals surface area contributed by atoms with Crippen molar-refractivity contribution < 1.29 is 18.3 Å². The maximum absolute atomic E-state index is 13.8. The lowest BCUT2D eigenvalue weighted by molar-refractivity contribution is -0.00518. The van der Waals surface area contributed by atoms with Gasteiger partial charge in [-0.15, -0.1) is 11.3 Å². The van der Waals surface area contributed by atoms with Crippen LogP contribution in [0, 0.1) is 6.92 Å². The second kappa shape index (κ2) is 7.37. The Morgan fingerprint density at radius 1 is 1.32 bits per heavy atom. The van der Waals surface area contributed by atoms with E-state index in [-0.39, 0.29) is 6.04 Å². The van der Waals surface area contributed by atoms with Crippen LogP contribution in [0.4, 0.5) is 13.6 Å². The molecular weight excluding hydrogens is 310 g/mol. The zero-order valence-corrected chi connectivity index (χ0v) is 14.4. The van der Waals surface area contributed by atoms with Crippen LogP contribution in [0.5, 0.6) is 0 Å². The number of nitrogens with one attached hydrogen (secondary N) is 2. The molecule has 0 aromatic carbocycles. The molecule has 4 nitrogen and oxygen atoms in total. The molecule has 22 heavy (non-hydrogen) atoms. The van der Waals surface area contributed by atoms with Gasteiger partial charge in [-0.25, -0.2) is 13.6 Å². The standard InChI is InChI=1S/C15H24F2N2O2S/c1-10-6-7-12(22-10)11(2)18-8-15(16,17)9-19-13(20)21-14(3,4)5/h6-7,11,18H,8-9H2,1-5H3,(H,19,20). The normalized spacial score (nSPS) is 13.8. The summed E-state index contributed by atoms with van der Waals surface area (Å²) in [7, 11) is 0. The first-order chi connectivity index (χ1) is 9.98. The van der Waals surface area contributed by atoms with Crippen molar-refractivity contribution in [3.63, 3.8) is 0 Å². The lowest BCUT2D eigenvalue weighted by Gasteiger charge is -2.23. The van der Waals surface area contributed by atoms with Crippen LogP contribution in [-0.4, -0.2) is 30.7 Å². The fourth-order valence-electron chi connectivity index (χ4n) is 1.67. The van der Waals surface area contributed by atoms with Gasteiger partial charge in [-0.1, -0.05) is 0 Å². The molecular formula is C15H24F2N2O2S. The molecule has 0 saturated carbocycles. The second-order valence-corrected chi connectivity index (χ2v) is 7.58. The number of hydrogen-bond donors (Lipinski definition) is 2. The van der Waals surface area contributed by atoms with Crippen LogP contribution in [0.1, 0.15) is 43.5 Å². The van der Waals surface area contributed by atoms with E-state index in [1.54, 1.807) is 32.1 Å². The summed E-state index contributed by atoms with van der Waals surface area (Å²) in [5, 5.41) is 4.89. The molecule has 0 spiro atoms. The number of thiophene rings is 1. The molecule has 0 aliphatic rings. The van der Waals surface area contributed by atoms with E-state index in [9.17, 15) is 13.6 Å². The third kappa shape index (κ3) is 7.17. The zero-order chi connectivity index (χ0) is 17.0. The van der Waals surface area contributed by atoms with Gasteiger partial charge in [0.25, 0.3) is 5.92 Å². The first-order valence-corrected chi connectivity index (χ1v) is 7.94. The van der Waals surface area contributed by atoms with Crippen molar-refractivity contribution >= 4 is 17.4 Å². The van der Waals surface area contributed by atoms with Crippen LogP contribution in [0.25, 0.3) is 0 Å². The average Bonchev–Trinajstić information content (AvgIpc) is 2.79. The monoisotopic (exact) mass is 334 g/mol. The topological polar surface area (TPSA) is 50.4 Å². The number of carbonyl (C=O) groups excluding carboxylic acids is 1. The van der Waals surface area contributed by atoms with E-state index in [1.165, 1.54) is 0 Å². The smallest absolute Gasteiger partial charge is 0.407 e. The number of aryl methyl sites for hydroxylation is 1. The minimum atomic E-state index is -3.04. The van der Waals surface area contributed by atoms with E-state index < -0.39 is 30.7 Å². The Kier molecular flexibility index (Phi) is 6.31. The highest BCUT2D eigenvalue weighted by Gasteiger charge is 2.31. The van der Waals surface area contributed by atoms with Gasteiger partial charge in [0, 0.05) is 15.8 Å². The third-order valence-corrected chi connectivity index (χ3v) is 3.93. The first kappa shape index (κ1) is 18.8. The molecule has 1 amide bonds.